The Kier molecular flexibility index (Phi) is 4.50. The summed E-state index contributed by atoms with van der Waals surface area (Å²) in [5.74, 6) is -0.139. The molecule has 0 fully saturated rings. The second kappa shape index (κ2) is 7.44. The van der Waals surface area contributed by atoms with Gasteiger partial charge in [-0.3, -0.25) is 4.79 Å². The van der Waals surface area contributed by atoms with E-state index in [2.05, 4.69) is 26.7 Å². The number of nitrogens with one attached hydrogen (secondary N) is 1. The van der Waals surface area contributed by atoms with Gasteiger partial charge in [0.1, 0.15) is 12.1 Å². The summed E-state index contributed by atoms with van der Waals surface area (Å²) in [5.41, 5.74) is 4.57. The first-order valence-electron chi connectivity index (χ1n) is 9.26. The maximum Gasteiger partial charge on any atom is 0.246 e. The highest BCUT2D eigenvalue weighted by Crippen LogP contribution is 2.24. The Morgan fingerprint density at radius 3 is 2.52 bits per heavy atom. The molecule has 2 heterocycles. The fourth-order valence-corrected chi connectivity index (χ4v) is 4.25. The Morgan fingerprint density at radius 1 is 0.931 bits per heavy atom. The molecule has 0 aliphatic rings. The van der Waals surface area contributed by atoms with Gasteiger partial charge in [-0.05, 0) is 42.0 Å². The van der Waals surface area contributed by atoms with Crippen LogP contribution in [0.5, 0.6) is 0 Å². The van der Waals surface area contributed by atoms with Crippen LogP contribution in [-0.4, -0.2) is 25.9 Å². The van der Waals surface area contributed by atoms with Crippen molar-refractivity contribution in [3.8, 4) is 0 Å². The second-order valence-electron chi connectivity index (χ2n) is 6.73. The molecule has 5 rings (SSSR count). The lowest BCUT2D eigenvalue weighted by molar-refractivity contribution is -0.116. The lowest BCUT2D eigenvalue weighted by Gasteiger charge is -2.07. The molecule has 0 spiro atoms. The summed E-state index contributed by atoms with van der Waals surface area (Å²) < 4.78 is 2.80. The molecule has 0 atom stereocenters. The molecule has 0 aliphatic carbocycles. The monoisotopic (exact) mass is 399 g/mol. The number of hydrogen-bond acceptors (Lipinski definition) is 5. The number of hydrogen-bond donors (Lipinski definition) is 1. The first kappa shape index (κ1) is 17.5. The maximum absolute atomic E-state index is 12.4. The molecule has 0 saturated carbocycles. The van der Waals surface area contributed by atoms with Crippen molar-refractivity contribution in [1.82, 2.24) is 20.0 Å². The van der Waals surface area contributed by atoms with Crippen LogP contribution in [0.3, 0.4) is 0 Å². The Bertz CT molecular complexity index is 1270. The quantitative estimate of drug-likeness (QED) is 0.479. The summed E-state index contributed by atoms with van der Waals surface area (Å²) in [7, 11) is 0. The third kappa shape index (κ3) is 3.72. The number of rotatable bonds is 5. The van der Waals surface area contributed by atoms with E-state index < -0.39 is 0 Å². The zero-order valence-electron chi connectivity index (χ0n) is 15.4. The number of fused-ring (bicyclic) bond motifs is 2. The molecule has 0 aliphatic heterocycles. The molecule has 7 heteroatoms. The van der Waals surface area contributed by atoms with Crippen molar-refractivity contribution >= 4 is 44.2 Å². The van der Waals surface area contributed by atoms with Crippen molar-refractivity contribution in [1.29, 1.82) is 0 Å². The Hall–Kier alpha value is -3.58. The van der Waals surface area contributed by atoms with Gasteiger partial charge in [-0.15, -0.1) is 16.4 Å². The number of amides is 1. The van der Waals surface area contributed by atoms with Crippen LogP contribution >= 0.6 is 11.3 Å². The number of nitrogens with zero attached hydrogens (tertiary/aromatic N) is 4. The number of thiazole rings is 1. The average Bonchev–Trinajstić information content (AvgIpc) is 3.33. The van der Waals surface area contributed by atoms with Gasteiger partial charge >= 0.3 is 0 Å². The molecule has 1 amide bonds. The minimum atomic E-state index is -0.139. The molecule has 0 unspecified atom stereocenters. The molecule has 142 valence electrons. The first-order valence-corrected chi connectivity index (χ1v) is 10.1. The van der Waals surface area contributed by atoms with Crippen LogP contribution in [0, 0.1) is 0 Å². The summed E-state index contributed by atoms with van der Waals surface area (Å²) in [4.78, 5) is 17.1. The second-order valence-corrected chi connectivity index (χ2v) is 7.85. The van der Waals surface area contributed by atoms with Crippen molar-refractivity contribution in [2.45, 2.75) is 13.0 Å². The molecular weight excluding hydrogens is 382 g/mol. The van der Waals surface area contributed by atoms with Crippen molar-refractivity contribution in [3.63, 3.8) is 0 Å². The van der Waals surface area contributed by atoms with Crippen LogP contribution in [0.2, 0.25) is 0 Å². The summed E-state index contributed by atoms with van der Waals surface area (Å²) in [6.07, 6.45) is 0.776. The fourth-order valence-electron chi connectivity index (χ4n) is 3.25. The molecule has 2 aromatic heterocycles. The van der Waals surface area contributed by atoms with Gasteiger partial charge in [0.25, 0.3) is 0 Å². The van der Waals surface area contributed by atoms with E-state index in [1.165, 1.54) is 4.70 Å². The fraction of sp³-hybridized carbons (Fsp3) is 0.0909. The van der Waals surface area contributed by atoms with Gasteiger partial charge in [-0.1, -0.05) is 41.6 Å². The molecule has 6 nitrogen and oxygen atoms in total. The largest absolute Gasteiger partial charge is 0.324 e. The Balaban J connectivity index is 1.24. The minimum absolute atomic E-state index is 0.119. The zero-order valence-corrected chi connectivity index (χ0v) is 16.3. The number of para-hydroxylation sites is 2. The van der Waals surface area contributed by atoms with Gasteiger partial charge in [0.05, 0.1) is 20.7 Å². The van der Waals surface area contributed by atoms with Gasteiger partial charge in [0.2, 0.25) is 5.91 Å². The van der Waals surface area contributed by atoms with Gasteiger partial charge in [-0.2, -0.15) is 0 Å². The molecule has 5 aromatic rings. The summed E-state index contributed by atoms with van der Waals surface area (Å²) in [6, 6.07) is 23.6. The molecule has 0 bridgehead atoms. The minimum Gasteiger partial charge on any atom is -0.324 e. The van der Waals surface area contributed by atoms with E-state index in [1.54, 1.807) is 16.0 Å². The van der Waals surface area contributed by atoms with E-state index in [9.17, 15) is 4.79 Å². The van der Waals surface area contributed by atoms with E-state index in [0.717, 1.165) is 39.2 Å². The summed E-state index contributed by atoms with van der Waals surface area (Å²) in [6.45, 7) is 0.119. The predicted molar refractivity (Wildman–Crippen MR) is 115 cm³/mol. The van der Waals surface area contributed by atoms with E-state index in [1.807, 2.05) is 66.7 Å². The van der Waals surface area contributed by atoms with Crippen molar-refractivity contribution < 1.29 is 4.79 Å². The highest BCUT2D eigenvalue weighted by atomic mass is 32.1. The summed E-state index contributed by atoms with van der Waals surface area (Å²) >= 11 is 1.71. The highest BCUT2D eigenvalue weighted by molar-refractivity contribution is 7.18. The lowest BCUT2D eigenvalue weighted by Crippen LogP contribution is -2.19. The van der Waals surface area contributed by atoms with Gasteiger partial charge in [0, 0.05) is 12.1 Å². The topological polar surface area (TPSA) is 72.7 Å². The van der Waals surface area contributed by atoms with Crippen LogP contribution in [0.1, 0.15) is 10.6 Å². The molecule has 0 radical (unpaired) electrons. The van der Waals surface area contributed by atoms with Gasteiger partial charge in [0.15, 0.2) is 0 Å². The van der Waals surface area contributed by atoms with Crippen LogP contribution in [0.4, 0.5) is 5.69 Å². The number of carbonyl (C=O) groups excluding carboxylic acids is 1. The zero-order chi connectivity index (χ0) is 19.6. The van der Waals surface area contributed by atoms with Crippen LogP contribution < -0.4 is 5.32 Å². The number of anilines is 1. The Labute approximate surface area is 170 Å². The molecule has 1 N–H and O–H groups in total. The highest BCUT2D eigenvalue weighted by Gasteiger charge is 2.09. The third-order valence-corrected chi connectivity index (χ3v) is 5.68. The summed E-state index contributed by atoms with van der Waals surface area (Å²) in [5, 5.41) is 12.1. The Morgan fingerprint density at radius 2 is 1.69 bits per heavy atom. The van der Waals surface area contributed by atoms with Crippen LogP contribution in [-0.2, 0) is 17.8 Å². The molecule has 3 aromatic carbocycles. The van der Waals surface area contributed by atoms with E-state index >= 15 is 0 Å². The lowest BCUT2D eigenvalue weighted by atomic mass is 10.1. The van der Waals surface area contributed by atoms with Gasteiger partial charge < -0.3 is 5.32 Å². The number of aromatic nitrogens is 4. The van der Waals surface area contributed by atoms with Crippen LogP contribution in [0.15, 0.2) is 72.8 Å². The standard InChI is InChI=1S/C22H17N5OS/c28-21(14-27-19-7-3-1-5-17(19)25-26-27)23-16-11-9-15(10-12-16)13-22-24-18-6-2-4-8-20(18)29-22/h1-12H,13-14H2,(H,23,28). The third-order valence-electron chi connectivity index (χ3n) is 4.64. The van der Waals surface area contributed by atoms with Crippen molar-refractivity contribution in [2.24, 2.45) is 0 Å². The van der Waals surface area contributed by atoms with E-state index in [0.29, 0.717) is 0 Å². The number of carbonyl (C=O) groups is 1. The van der Waals surface area contributed by atoms with Crippen molar-refractivity contribution in [3.05, 3.63) is 83.4 Å². The predicted octanol–water partition coefficient (Wildman–Crippen LogP) is 4.27. The smallest absolute Gasteiger partial charge is 0.246 e. The first-order chi connectivity index (χ1) is 14.2. The number of benzene rings is 3. The maximum atomic E-state index is 12.4. The molecule has 29 heavy (non-hydrogen) atoms. The average molecular weight is 399 g/mol. The van der Waals surface area contributed by atoms with Crippen molar-refractivity contribution in [2.75, 3.05) is 5.32 Å². The SMILES string of the molecule is O=C(Cn1nnc2ccccc21)Nc1ccc(Cc2nc3ccccc3s2)cc1. The van der Waals surface area contributed by atoms with E-state index in [4.69, 9.17) is 0 Å². The molecule has 0 saturated heterocycles. The van der Waals surface area contributed by atoms with Gasteiger partial charge in [-0.25, -0.2) is 9.67 Å². The van der Waals surface area contributed by atoms with Crippen LogP contribution in [0.25, 0.3) is 21.3 Å². The molecular formula is C22H17N5OS. The normalized spacial score (nSPS) is 11.2. The van der Waals surface area contributed by atoms with E-state index in [-0.39, 0.29) is 12.5 Å².